The molecule has 0 fully saturated rings. The summed E-state index contributed by atoms with van der Waals surface area (Å²) >= 11 is 6.59. The van der Waals surface area contributed by atoms with Crippen LogP contribution in [-0.4, -0.2) is 27.6 Å². The van der Waals surface area contributed by atoms with Crippen molar-refractivity contribution in [3.8, 4) is 0 Å². The summed E-state index contributed by atoms with van der Waals surface area (Å²) in [4.78, 5) is 0. The zero-order valence-corrected chi connectivity index (χ0v) is 13.9. The average molecular weight is 538 g/mol. The highest BCUT2D eigenvalue weighted by atomic mass is 127. The summed E-state index contributed by atoms with van der Waals surface area (Å²) in [7, 11) is 0. The summed E-state index contributed by atoms with van der Waals surface area (Å²) in [6, 6.07) is 0. The molecule has 0 saturated carbocycles. The maximum Gasteiger partial charge on any atom is 0.314 e. The molecule has 0 aromatic heterocycles. The van der Waals surface area contributed by atoms with Crippen LogP contribution in [0.2, 0.25) is 0 Å². The van der Waals surface area contributed by atoms with Crippen LogP contribution < -0.4 is 0 Å². The minimum atomic E-state index is -0.958. The number of halogens is 3. The molecule has 0 aliphatic carbocycles. The highest BCUT2D eigenvalue weighted by molar-refractivity contribution is 14.1. The second-order valence-electron chi connectivity index (χ2n) is 2.81. The van der Waals surface area contributed by atoms with Crippen molar-refractivity contribution in [3.05, 3.63) is 11.7 Å². The van der Waals surface area contributed by atoms with E-state index in [0.717, 1.165) is 17.3 Å². The molecule has 3 N–H and O–H groups in total. The van der Waals surface area contributed by atoms with Crippen molar-refractivity contribution in [2.45, 2.75) is 27.1 Å². The summed E-state index contributed by atoms with van der Waals surface area (Å²) in [5.41, 5.74) is 0. The average Bonchev–Trinajstić information content (AvgIpc) is 2.15. The van der Waals surface area contributed by atoms with Crippen molar-refractivity contribution in [3.63, 3.8) is 0 Å². The van der Waals surface area contributed by atoms with Gasteiger partial charge >= 0.3 is 5.95 Å². The van der Waals surface area contributed by atoms with Gasteiger partial charge in [-0.15, -0.1) is 0 Å². The van der Waals surface area contributed by atoms with E-state index in [1.807, 2.05) is 22.6 Å². The fraction of sp³-hybridized carbons (Fsp3) is 0.750. The Balaban J connectivity index is 3.99. The molecule has 2 atom stereocenters. The van der Waals surface area contributed by atoms with E-state index in [2.05, 4.69) is 45.2 Å². The Bertz CT molecular complexity index is 192. The van der Waals surface area contributed by atoms with Crippen molar-refractivity contribution in [2.24, 2.45) is 0 Å². The molecule has 6 heteroatoms. The van der Waals surface area contributed by atoms with E-state index in [0.29, 0.717) is 0 Å². The van der Waals surface area contributed by atoms with E-state index in [1.165, 1.54) is 6.42 Å². The highest BCUT2D eigenvalue weighted by Gasteiger charge is 2.22. The third-order valence-corrected chi connectivity index (χ3v) is 6.61. The number of rotatable bonds is 6. The molecule has 0 aliphatic heterocycles. The lowest BCUT2D eigenvalue weighted by Crippen LogP contribution is -2.17. The minimum Gasteiger partial charge on any atom is -0.505 e. The molecular formula is C8H13I3O3. The fourth-order valence-electron chi connectivity index (χ4n) is 0.875. The third kappa shape index (κ3) is 6.03. The second kappa shape index (κ2) is 8.48. The van der Waals surface area contributed by atoms with Crippen molar-refractivity contribution in [1.82, 2.24) is 0 Å². The van der Waals surface area contributed by atoms with E-state index in [9.17, 15) is 5.11 Å². The van der Waals surface area contributed by atoms with E-state index in [4.69, 9.17) is 10.2 Å². The summed E-state index contributed by atoms with van der Waals surface area (Å²) < 4.78 is 1.14. The molecule has 14 heavy (non-hydrogen) atoms. The lowest BCUT2D eigenvalue weighted by Gasteiger charge is -2.15. The first kappa shape index (κ1) is 15.3. The van der Waals surface area contributed by atoms with Gasteiger partial charge in [0.1, 0.15) is 0 Å². The molecule has 0 radical (unpaired) electrons. The monoisotopic (exact) mass is 538 g/mol. The van der Waals surface area contributed by atoms with E-state index in [1.54, 1.807) is 0 Å². The first-order valence-corrected chi connectivity index (χ1v) is 8.17. The van der Waals surface area contributed by atoms with Crippen LogP contribution in [0.5, 0.6) is 0 Å². The van der Waals surface area contributed by atoms with Gasteiger partial charge in [-0.1, -0.05) is 74.2 Å². The lowest BCUT2D eigenvalue weighted by molar-refractivity contribution is 0.156. The Kier molecular flexibility index (Phi) is 9.28. The van der Waals surface area contributed by atoms with E-state index in [-0.39, 0.29) is 13.6 Å². The van der Waals surface area contributed by atoms with Gasteiger partial charge in [0.25, 0.3) is 0 Å². The predicted molar refractivity (Wildman–Crippen MR) is 83.3 cm³/mol. The number of unbranched alkanes of at least 4 members (excludes halogenated alkanes) is 1. The van der Waals surface area contributed by atoms with Crippen LogP contribution in [0.1, 0.15) is 19.3 Å². The SMILES string of the molecule is OC(O)=C(O)C(I)C(I)CCCCI. The van der Waals surface area contributed by atoms with Gasteiger partial charge in [-0.3, -0.25) is 0 Å². The lowest BCUT2D eigenvalue weighted by atomic mass is 10.1. The van der Waals surface area contributed by atoms with Crippen LogP contribution in [0, 0.1) is 0 Å². The van der Waals surface area contributed by atoms with Gasteiger partial charge in [-0.05, 0) is 17.3 Å². The number of allylic oxidation sites excluding steroid dienone is 1. The largest absolute Gasteiger partial charge is 0.505 e. The molecule has 0 aromatic rings. The van der Waals surface area contributed by atoms with Crippen LogP contribution in [0.3, 0.4) is 0 Å². The maximum atomic E-state index is 9.29. The van der Waals surface area contributed by atoms with Crippen LogP contribution >= 0.6 is 67.8 Å². The number of aliphatic hydroxyl groups is 3. The first-order valence-electron chi connectivity index (χ1n) is 4.15. The van der Waals surface area contributed by atoms with Crippen molar-refractivity contribution in [2.75, 3.05) is 4.43 Å². The molecule has 3 nitrogen and oxygen atoms in total. The fourth-order valence-corrected chi connectivity index (χ4v) is 2.83. The van der Waals surface area contributed by atoms with Gasteiger partial charge < -0.3 is 15.3 Å². The summed E-state index contributed by atoms with van der Waals surface area (Å²) in [5, 5.41) is 26.7. The van der Waals surface area contributed by atoms with Gasteiger partial charge in [0.05, 0.1) is 3.92 Å². The zero-order chi connectivity index (χ0) is 11.1. The topological polar surface area (TPSA) is 60.7 Å². The summed E-state index contributed by atoms with van der Waals surface area (Å²) in [5.74, 6) is -1.28. The Morgan fingerprint density at radius 3 is 2.07 bits per heavy atom. The molecule has 0 spiro atoms. The minimum absolute atomic E-state index is 0.227. The molecule has 0 amide bonds. The molecular weight excluding hydrogens is 525 g/mol. The van der Waals surface area contributed by atoms with Gasteiger partial charge in [-0.25, -0.2) is 0 Å². The number of alkyl halides is 3. The van der Waals surface area contributed by atoms with Crippen LogP contribution in [0.25, 0.3) is 0 Å². The van der Waals surface area contributed by atoms with Crippen molar-refractivity contribution >= 4 is 67.8 Å². The Morgan fingerprint density at radius 2 is 1.64 bits per heavy atom. The summed E-state index contributed by atoms with van der Waals surface area (Å²) in [6.45, 7) is 0. The molecule has 2 unspecified atom stereocenters. The quantitative estimate of drug-likeness (QED) is 0.207. The molecule has 0 saturated heterocycles. The van der Waals surface area contributed by atoms with Gasteiger partial charge in [0.15, 0.2) is 5.76 Å². The van der Waals surface area contributed by atoms with E-state index < -0.39 is 5.95 Å². The smallest absolute Gasteiger partial charge is 0.314 e. The Morgan fingerprint density at radius 1 is 1.07 bits per heavy atom. The molecule has 0 heterocycles. The number of hydrogen-bond acceptors (Lipinski definition) is 3. The Labute approximate surface area is 125 Å². The third-order valence-electron chi connectivity index (χ3n) is 1.67. The standard InChI is InChI=1S/C8H13I3O3/c9-4-2-1-3-5(10)6(11)7(12)8(13)14/h5-6,12-14H,1-4H2. The van der Waals surface area contributed by atoms with E-state index >= 15 is 0 Å². The molecule has 84 valence electrons. The number of hydrogen-bond donors (Lipinski definition) is 3. The van der Waals surface area contributed by atoms with Crippen molar-refractivity contribution < 1.29 is 15.3 Å². The summed E-state index contributed by atoms with van der Waals surface area (Å²) in [6.07, 6.45) is 3.25. The van der Waals surface area contributed by atoms with Crippen molar-refractivity contribution in [1.29, 1.82) is 0 Å². The Hall–Kier alpha value is 1.33. The van der Waals surface area contributed by atoms with Gasteiger partial charge in [-0.2, -0.15) is 0 Å². The molecule has 0 aliphatic rings. The highest BCUT2D eigenvalue weighted by Crippen LogP contribution is 2.26. The van der Waals surface area contributed by atoms with Crippen LogP contribution in [0.15, 0.2) is 11.7 Å². The maximum absolute atomic E-state index is 9.29. The van der Waals surface area contributed by atoms with Gasteiger partial charge in [0, 0.05) is 3.92 Å². The molecule has 0 aromatic carbocycles. The predicted octanol–water partition coefficient (Wildman–Crippen LogP) is 4.04. The molecule has 0 rings (SSSR count). The molecule has 0 bridgehead atoms. The zero-order valence-electron chi connectivity index (χ0n) is 7.46. The van der Waals surface area contributed by atoms with Gasteiger partial charge in [0.2, 0.25) is 0 Å². The normalized spacial score (nSPS) is 14.8. The second-order valence-corrected chi connectivity index (χ2v) is 6.83. The van der Waals surface area contributed by atoms with Crippen LogP contribution in [0.4, 0.5) is 0 Å². The van der Waals surface area contributed by atoms with Crippen LogP contribution in [-0.2, 0) is 0 Å². The number of aliphatic hydroxyl groups excluding tert-OH is 2. The first-order chi connectivity index (χ1) is 6.50.